The van der Waals surface area contributed by atoms with Crippen LogP contribution in [-0.2, 0) is 16.1 Å². The third kappa shape index (κ3) is 4.68. The van der Waals surface area contributed by atoms with Crippen molar-refractivity contribution in [3.8, 4) is 0 Å². The van der Waals surface area contributed by atoms with Gasteiger partial charge in [0.1, 0.15) is 6.04 Å². The number of primary amides is 1. The quantitative estimate of drug-likeness (QED) is 0.456. The molecule has 0 spiro atoms. The fraction of sp³-hybridized carbons (Fsp3) is 0.400. The molecule has 98 valence electrons. The van der Waals surface area contributed by atoms with Crippen molar-refractivity contribution in [2.24, 2.45) is 5.73 Å². The van der Waals surface area contributed by atoms with Crippen molar-refractivity contribution in [3.05, 3.63) is 18.0 Å². The summed E-state index contributed by atoms with van der Waals surface area (Å²) in [5, 5.41) is 12.2. The molecule has 0 unspecified atom stereocenters. The van der Waals surface area contributed by atoms with Gasteiger partial charge in [0, 0.05) is 24.5 Å². The van der Waals surface area contributed by atoms with Crippen LogP contribution in [0.4, 0.5) is 0 Å². The number of carboxylic acids is 1. The Morgan fingerprint density at radius 3 is 2.56 bits per heavy atom. The van der Waals surface area contributed by atoms with Crippen LogP contribution in [0.3, 0.4) is 0 Å². The topological polar surface area (TPSA) is 118 Å². The Kier molecular flexibility index (Phi) is 5.53. The van der Waals surface area contributed by atoms with Gasteiger partial charge in [0.05, 0.1) is 6.42 Å². The highest BCUT2D eigenvalue weighted by Gasteiger charge is 2.19. The Morgan fingerprint density at radius 1 is 1.50 bits per heavy atom. The second-order valence-corrected chi connectivity index (χ2v) is 4.29. The number of nitrogens with zero attached hydrogens (tertiary/aromatic N) is 2. The first-order valence-electron chi connectivity index (χ1n) is 5.12. The summed E-state index contributed by atoms with van der Waals surface area (Å²) in [5.41, 5.74) is 5.71. The first-order valence-corrected chi connectivity index (χ1v) is 6.34. The minimum Gasteiger partial charge on any atom is -0.480 e. The Labute approximate surface area is 108 Å². The first-order chi connectivity index (χ1) is 8.52. The number of aromatic nitrogens is 2. The molecular weight excluding hydrogens is 256 g/mol. The summed E-state index contributed by atoms with van der Waals surface area (Å²) in [7, 11) is 0. The SMILES string of the molecule is CSc1ncc(CN[C@H](CC(N)=O)C(=O)O)cn1. The molecule has 0 aromatic carbocycles. The summed E-state index contributed by atoms with van der Waals surface area (Å²) < 4.78 is 0. The minimum atomic E-state index is -1.12. The highest BCUT2D eigenvalue weighted by molar-refractivity contribution is 7.98. The molecule has 0 saturated heterocycles. The van der Waals surface area contributed by atoms with E-state index in [4.69, 9.17) is 10.8 Å². The van der Waals surface area contributed by atoms with E-state index in [0.717, 1.165) is 5.56 Å². The van der Waals surface area contributed by atoms with E-state index in [1.807, 2.05) is 6.26 Å². The Morgan fingerprint density at radius 2 is 2.11 bits per heavy atom. The zero-order chi connectivity index (χ0) is 13.5. The fourth-order valence-electron chi connectivity index (χ4n) is 1.23. The standard InChI is InChI=1S/C10H14N4O3S/c1-18-10-13-4-6(5-14-10)3-12-7(9(16)17)2-8(11)15/h4-5,7,12H,2-3H2,1H3,(H2,11,15)(H,16,17)/t7-/m1/s1. The molecular formula is C10H14N4O3S. The maximum Gasteiger partial charge on any atom is 0.321 e. The number of hydrogen-bond donors (Lipinski definition) is 3. The zero-order valence-corrected chi connectivity index (χ0v) is 10.6. The lowest BCUT2D eigenvalue weighted by Crippen LogP contribution is -2.39. The van der Waals surface area contributed by atoms with E-state index in [1.54, 1.807) is 12.4 Å². The van der Waals surface area contributed by atoms with Crippen LogP contribution in [0.5, 0.6) is 0 Å². The normalized spacial score (nSPS) is 12.1. The molecule has 1 heterocycles. The van der Waals surface area contributed by atoms with E-state index in [0.29, 0.717) is 5.16 Å². The van der Waals surface area contributed by atoms with Crippen molar-refractivity contribution in [2.75, 3.05) is 6.26 Å². The highest BCUT2D eigenvalue weighted by Crippen LogP contribution is 2.07. The van der Waals surface area contributed by atoms with Gasteiger partial charge in [-0.15, -0.1) is 0 Å². The third-order valence-electron chi connectivity index (χ3n) is 2.12. The molecule has 0 saturated carbocycles. The van der Waals surface area contributed by atoms with Crippen LogP contribution < -0.4 is 11.1 Å². The van der Waals surface area contributed by atoms with Crippen molar-refractivity contribution in [3.63, 3.8) is 0 Å². The lowest BCUT2D eigenvalue weighted by molar-refractivity contribution is -0.141. The van der Waals surface area contributed by atoms with Gasteiger partial charge in [0.15, 0.2) is 5.16 Å². The molecule has 1 amide bonds. The van der Waals surface area contributed by atoms with Gasteiger partial charge in [-0.05, 0) is 6.26 Å². The molecule has 4 N–H and O–H groups in total. The summed E-state index contributed by atoms with van der Waals surface area (Å²) in [5.74, 6) is -1.78. The Hall–Kier alpha value is -1.67. The van der Waals surface area contributed by atoms with Crippen molar-refractivity contribution in [1.82, 2.24) is 15.3 Å². The summed E-state index contributed by atoms with van der Waals surface area (Å²) in [6.45, 7) is 0.263. The van der Waals surface area contributed by atoms with Crippen molar-refractivity contribution in [1.29, 1.82) is 0 Å². The van der Waals surface area contributed by atoms with E-state index >= 15 is 0 Å². The van der Waals surface area contributed by atoms with Crippen LogP contribution in [0.1, 0.15) is 12.0 Å². The van der Waals surface area contributed by atoms with E-state index in [2.05, 4.69) is 15.3 Å². The number of carboxylic acid groups (broad SMARTS) is 1. The lowest BCUT2D eigenvalue weighted by atomic mass is 10.2. The molecule has 1 aromatic rings. The van der Waals surface area contributed by atoms with Crippen LogP contribution >= 0.6 is 11.8 Å². The lowest BCUT2D eigenvalue weighted by Gasteiger charge is -2.12. The number of thioether (sulfide) groups is 1. The average Bonchev–Trinajstić information content (AvgIpc) is 2.34. The molecule has 0 radical (unpaired) electrons. The van der Waals surface area contributed by atoms with E-state index < -0.39 is 17.9 Å². The molecule has 0 fully saturated rings. The zero-order valence-electron chi connectivity index (χ0n) is 9.79. The van der Waals surface area contributed by atoms with Gasteiger partial charge in [-0.3, -0.25) is 14.9 Å². The molecule has 18 heavy (non-hydrogen) atoms. The van der Waals surface area contributed by atoms with E-state index in [-0.39, 0.29) is 13.0 Å². The van der Waals surface area contributed by atoms with Gasteiger partial charge < -0.3 is 10.8 Å². The van der Waals surface area contributed by atoms with Crippen LogP contribution in [0.25, 0.3) is 0 Å². The summed E-state index contributed by atoms with van der Waals surface area (Å²) in [6.07, 6.45) is 4.82. The largest absolute Gasteiger partial charge is 0.480 e. The Bertz CT molecular complexity index is 424. The van der Waals surface area contributed by atoms with Gasteiger partial charge in [0.25, 0.3) is 0 Å². The van der Waals surface area contributed by atoms with Gasteiger partial charge in [0.2, 0.25) is 5.91 Å². The molecule has 8 heteroatoms. The van der Waals surface area contributed by atoms with Crippen LogP contribution in [0, 0.1) is 0 Å². The highest BCUT2D eigenvalue weighted by atomic mass is 32.2. The monoisotopic (exact) mass is 270 g/mol. The molecule has 1 aromatic heterocycles. The second kappa shape index (κ2) is 6.92. The maximum atomic E-state index is 10.9. The number of carbonyl (C=O) groups is 2. The fourth-order valence-corrected chi connectivity index (χ4v) is 1.54. The van der Waals surface area contributed by atoms with Gasteiger partial charge in [-0.1, -0.05) is 11.8 Å². The molecule has 0 aliphatic heterocycles. The van der Waals surface area contributed by atoms with Crippen molar-refractivity contribution >= 4 is 23.6 Å². The Balaban J connectivity index is 2.55. The molecule has 0 aliphatic carbocycles. The summed E-state index contributed by atoms with van der Waals surface area (Å²) in [4.78, 5) is 29.7. The second-order valence-electron chi connectivity index (χ2n) is 3.52. The summed E-state index contributed by atoms with van der Waals surface area (Å²) >= 11 is 1.42. The minimum absolute atomic E-state index is 0.251. The molecule has 0 aliphatic rings. The smallest absolute Gasteiger partial charge is 0.321 e. The first kappa shape index (κ1) is 14.4. The number of aliphatic carboxylic acids is 1. The van der Waals surface area contributed by atoms with Gasteiger partial charge in [-0.2, -0.15) is 0 Å². The number of amides is 1. The predicted octanol–water partition coefficient (Wildman–Crippen LogP) is -0.383. The molecule has 0 bridgehead atoms. The number of hydrogen-bond acceptors (Lipinski definition) is 6. The number of nitrogens with one attached hydrogen (secondary N) is 1. The van der Waals surface area contributed by atoms with Crippen molar-refractivity contribution < 1.29 is 14.7 Å². The third-order valence-corrected chi connectivity index (χ3v) is 2.70. The molecule has 1 atom stereocenters. The molecule has 7 nitrogen and oxygen atoms in total. The number of rotatable bonds is 7. The molecule has 1 rings (SSSR count). The number of nitrogens with two attached hydrogens (primary N) is 1. The van der Waals surface area contributed by atoms with Crippen LogP contribution in [0.2, 0.25) is 0 Å². The van der Waals surface area contributed by atoms with E-state index in [9.17, 15) is 9.59 Å². The van der Waals surface area contributed by atoms with Crippen LogP contribution in [0.15, 0.2) is 17.6 Å². The average molecular weight is 270 g/mol. The van der Waals surface area contributed by atoms with E-state index in [1.165, 1.54) is 11.8 Å². The van der Waals surface area contributed by atoms with Crippen molar-refractivity contribution in [2.45, 2.75) is 24.2 Å². The summed E-state index contributed by atoms with van der Waals surface area (Å²) in [6, 6.07) is -0.997. The number of carbonyl (C=O) groups excluding carboxylic acids is 1. The van der Waals surface area contributed by atoms with Gasteiger partial charge >= 0.3 is 5.97 Å². The van der Waals surface area contributed by atoms with Crippen LogP contribution in [-0.4, -0.2) is 39.2 Å². The predicted molar refractivity (Wildman–Crippen MR) is 65.9 cm³/mol. The maximum absolute atomic E-state index is 10.9. The van der Waals surface area contributed by atoms with Gasteiger partial charge in [-0.25, -0.2) is 9.97 Å².